The van der Waals surface area contributed by atoms with E-state index in [1.807, 2.05) is 0 Å². The van der Waals surface area contributed by atoms with E-state index >= 15 is 0 Å². The first-order chi connectivity index (χ1) is 6.41. The topological polar surface area (TPSA) is 44.5 Å². The van der Waals surface area contributed by atoms with Gasteiger partial charge in [-0.15, -0.1) is 0 Å². The molecule has 0 bridgehead atoms. The fourth-order valence-electron chi connectivity index (χ4n) is 0.900. The number of hydrogen-bond acceptors (Lipinski definition) is 3. The monoisotopic (exact) mass is 243 g/mol. The zero-order chi connectivity index (χ0) is 9.78. The van der Waals surface area contributed by atoms with Crippen molar-refractivity contribution < 1.29 is 26.5 Å². The minimum absolute atomic E-state index is 0. The van der Waals surface area contributed by atoms with Crippen LogP contribution in [0.25, 0.3) is 0 Å². The molecule has 14 heavy (non-hydrogen) atoms. The van der Waals surface area contributed by atoms with E-state index in [-0.39, 0.29) is 17.1 Å². The van der Waals surface area contributed by atoms with Gasteiger partial charge in [0.15, 0.2) is 0 Å². The third kappa shape index (κ3) is 14.9. The molecule has 0 aliphatic heterocycles. The Morgan fingerprint density at radius 1 is 0.857 bits per heavy atom. The summed E-state index contributed by atoms with van der Waals surface area (Å²) in [7, 11) is 0. The number of rotatable bonds is 10. The average Bonchev–Trinajstić information content (AvgIpc) is 2.16. The maximum absolute atomic E-state index is 5.33. The molecule has 3 nitrogen and oxygen atoms in total. The van der Waals surface area contributed by atoms with Gasteiger partial charge in [0.05, 0.1) is 0 Å². The molecule has 0 aromatic rings. The molecule has 0 aromatic heterocycles. The minimum Gasteiger partial charge on any atom is -0.384 e. The van der Waals surface area contributed by atoms with E-state index in [1.54, 1.807) is 0 Å². The van der Waals surface area contributed by atoms with Gasteiger partial charge in [-0.2, -0.15) is 6.42 Å². The van der Waals surface area contributed by atoms with Gasteiger partial charge in [-0.1, -0.05) is 0 Å². The molecule has 0 saturated heterocycles. The summed E-state index contributed by atoms with van der Waals surface area (Å²) in [6.45, 7) is 7.62. The smallest absolute Gasteiger partial charge is 0.0478 e. The van der Waals surface area contributed by atoms with Crippen LogP contribution in [0.5, 0.6) is 0 Å². The third-order valence-corrected chi connectivity index (χ3v) is 1.61. The van der Waals surface area contributed by atoms with Gasteiger partial charge in [0.2, 0.25) is 0 Å². The normalized spacial score (nSPS) is 9.86. The Balaban J connectivity index is 0. The van der Waals surface area contributed by atoms with Crippen LogP contribution in [0.4, 0.5) is 0 Å². The molecule has 0 atom stereocenters. The van der Waals surface area contributed by atoms with Gasteiger partial charge in [0, 0.05) is 43.5 Å². The van der Waals surface area contributed by atoms with Crippen LogP contribution in [-0.2, 0) is 26.5 Å². The van der Waals surface area contributed by atoms with Crippen molar-refractivity contribution in [3.8, 4) is 0 Å². The van der Waals surface area contributed by atoms with Gasteiger partial charge >= 0.3 is 0 Å². The summed E-state index contributed by atoms with van der Waals surface area (Å²) in [5.74, 6) is 0. The van der Waals surface area contributed by atoms with Crippen molar-refractivity contribution in [1.29, 1.82) is 0 Å². The first-order valence-electron chi connectivity index (χ1n) is 5.06. The Kier molecular flexibility index (Phi) is 19.0. The first-order valence-corrected chi connectivity index (χ1v) is 5.06. The second-order valence-electron chi connectivity index (χ2n) is 2.93. The summed E-state index contributed by atoms with van der Waals surface area (Å²) >= 11 is 0. The molecule has 1 radical (unpaired) electrons. The van der Waals surface area contributed by atoms with Crippen LogP contribution < -0.4 is 5.73 Å². The van der Waals surface area contributed by atoms with E-state index in [2.05, 4.69) is 6.92 Å². The Bertz CT molecular complexity index is 84.2. The maximum Gasteiger partial charge on any atom is 0.0478 e. The Morgan fingerprint density at radius 3 is 1.86 bits per heavy atom. The van der Waals surface area contributed by atoms with Crippen LogP contribution >= 0.6 is 0 Å². The summed E-state index contributed by atoms with van der Waals surface area (Å²) in [6, 6.07) is 0. The predicted octanol–water partition coefficient (Wildman–Crippen LogP) is 1.37. The zero-order valence-corrected chi connectivity index (χ0v) is 10.0. The molecule has 0 unspecified atom stereocenters. The summed E-state index contributed by atoms with van der Waals surface area (Å²) in [4.78, 5) is 0. The largest absolute Gasteiger partial charge is 0.384 e. The summed E-state index contributed by atoms with van der Waals surface area (Å²) in [6.07, 6.45) is 3.95. The minimum atomic E-state index is 0. The maximum atomic E-state index is 5.33. The molecule has 0 aliphatic carbocycles. The van der Waals surface area contributed by atoms with Gasteiger partial charge < -0.3 is 22.1 Å². The predicted molar refractivity (Wildman–Crippen MR) is 54.5 cm³/mol. The van der Waals surface area contributed by atoms with Crippen LogP contribution in [0.2, 0.25) is 0 Å². The fraction of sp³-hybridized carbons (Fsp3) is 0.900. The summed E-state index contributed by atoms with van der Waals surface area (Å²) in [5.41, 5.74) is 5.32. The van der Waals surface area contributed by atoms with E-state index in [0.29, 0.717) is 6.54 Å². The van der Waals surface area contributed by atoms with Crippen LogP contribution in [0.1, 0.15) is 25.7 Å². The van der Waals surface area contributed by atoms with Crippen molar-refractivity contribution in [2.75, 3.05) is 33.0 Å². The van der Waals surface area contributed by atoms with Crippen LogP contribution in [0.15, 0.2) is 0 Å². The van der Waals surface area contributed by atoms with E-state index in [1.165, 1.54) is 0 Å². The number of ether oxygens (including phenoxy) is 2. The molecule has 2 N–H and O–H groups in total. The SMILES string of the molecule is [CH2-]CCOCCCCOCCCN.[Mn]. The van der Waals surface area contributed by atoms with Crippen LogP contribution in [0.3, 0.4) is 0 Å². The third-order valence-electron chi connectivity index (χ3n) is 1.61. The van der Waals surface area contributed by atoms with Gasteiger partial charge in [0.25, 0.3) is 0 Å². The molecule has 0 saturated carbocycles. The first kappa shape index (κ1) is 16.8. The molecule has 4 heteroatoms. The van der Waals surface area contributed by atoms with Crippen molar-refractivity contribution in [3.63, 3.8) is 0 Å². The van der Waals surface area contributed by atoms with Crippen molar-refractivity contribution in [2.24, 2.45) is 5.73 Å². The van der Waals surface area contributed by atoms with E-state index in [9.17, 15) is 0 Å². The quantitative estimate of drug-likeness (QED) is 0.358. The molecule has 0 amide bonds. The van der Waals surface area contributed by atoms with Gasteiger partial charge in [-0.05, 0) is 25.8 Å². The fourth-order valence-corrected chi connectivity index (χ4v) is 0.900. The van der Waals surface area contributed by atoms with Crippen molar-refractivity contribution in [1.82, 2.24) is 0 Å². The van der Waals surface area contributed by atoms with Crippen molar-refractivity contribution in [3.05, 3.63) is 6.92 Å². The van der Waals surface area contributed by atoms with Crippen LogP contribution in [0, 0.1) is 6.92 Å². The number of unbranched alkanes of at least 4 members (excludes halogenated alkanes) is 1. The molecule has 87 valence electrons. The van der Waals surface area contributed by atoms with Crippen LogP contribution in [-0.4, -0.2) is 33.0 Å². The van der Waals surface area contributed by atoms with Crippen molar-refractivity contribution in [2.45, 2.75) is 25.7 Å². The molecular weight excluding hydrogens is 221 g/mol. The molecule has 0 aliphatic rings. The molecule has 0 rings (SSSR count). The summed E-state index contributed by atoms with van der Waals surface area (Å²) < 4.78 is 10.6. The van der Waals surface area contributed by atoms with E-state index < -0.39 is 0 Å². The van der Waals surface area contributed by atoms with E-state index in [0.717, 1.165) is 52.1 Å². The summed E-state index contributed by atoms with van der Waals surface area (Å²) in [5, 5.41) is 0. The standard InChI is InChI=1S/C10H22NO2.Mn/c1-2-7-12-8-3-4-9-13-10-5-6-11;/h1-11H2;/q-1;. The van der Waals surface area contributed by atoms with Gasteiger partial charge in [-0.25, -0.2) is 0 Å². The number of nitrogens with two attached hydrogens (primary N) is 1. The Morgan fingerprint density at radius 2 is 1.36 bits per heavy atom. The Hall–Kier alpha value is 0.399. The average molecular weight is 243 g/mol. The molecule has 0 spiro atoms. The molecule has 0 heterocycles. The van der Waals surface area contributed by atoms with Crippen molar-refractivity contribution >= 4 is 0 Å². The second kappa shape index (κ2) is 15.9. The van der Waals surface area contributed by atoms with Gasteiger partial charge in [0.1, 0.15) is 0 Å². The zero-order valence-electron chi connectivity index (χ0n) is 8.84. The molecule has 0 fully saturated rings. The molecular formula is C10H22MnNO2-. The second-order valence-corrected chi connectivity index (χ2v) is 2.93. The van der Waals surface area contributed by atoms with E-state index in [4.69, 9.17) is 15.2 Å². The molecule has 0 aromatic carbocycles. The van der Waals surface area contributed by atoms with Gasteiger partial charge in [-0.3, -0.25) is 0 Å². The number of hydrogen-bond donors (Lipinski definition) is 1. The Labute approximate surface area is 98.2 Å².